The first kappa shape index (κ1) is 16.9. The fraction of sp³-hybridized carbons (Fsp3) is 0.0556. The van der Waals surface area contributed by atoms with E-state index in [1.807, 2.05) is 12.1 Å². The highest BCUT2D eigenvalue weighted by Crippen LogP contribution is 2.28. The van der Waals surface area contributed by atoms with Gasteiger partial charge in [-0.2, -0.15) is 0 Å². The number of carbonyl (C=O) groups excluding carboxylic acids is 1. The van der Waals surface area contributed by atoms with E-state index in [1.165, 1.54) is 17.5 Å². The number of rotatable bonds is 5. The van der Waals surface area contributed by atoms with Crippen LogP contribution in [-0.2, 0) is 6.54 Å². The van der Waals surface area contributed by atoms with Crippen LogP contribution in [0.4, 0.5) is 0 Å². The van der Waals surface area contributed by atoms with Crippen molar-refractivity contribution in [2.75, 3.05) is 0 Å². The minimum atomic E-state index is -1.07. The minimum absolute atomic E-state index is 0.0613. The van der Waals surface area contributed by atoms with E-state index in [9.17, 15) is 14.7 Å². The monoisotopic (exact) mass is 379 g/mol. The second kappa shape index (κ2) is 6.96. The molecular formula is C18H13N5O3S. The summed E-state index contributed by atoms with van der Waals surface area (Å²) in [5.41, 5.74) is 2.23. The number of pyridine rings is 1. The van der Waals surface area contributed by atoms with Gasteiger partial charge in [0.15, 0.2) is 5.65 Å². The Kier molecular flexibility index (Phi) is 4.35. The summed E-state index contributed by atoms with van der Waals surface area (Å²) in [6.07, 6.45) is 6.26. The van der Waals surface area contributed by atoms with Crippen LogP contribution in [0.15, 0.2) is 49.1 Å². The number of amides is 1. The summed E-state index contributed by atoms with van der Waals surface area (Å²) >= 11 is 1.27. The van der Waals surface area contributed by atoms with E-state index in [-0.39, 0.29) is 17.0 Å². The quantitative estimate of drug-likeness (QED) is 0.490. The van der Waals surface area contributed by atoms with Crippen molar-refractivity contribution >= 4 is 34.4 Å². The topological polar surface area (TPSA) is 121 Å². The molecule has 4 aromatic rings. The summed E-state index contributed by atoms with van der Waals surface area (Å²) in [5, 5.41) is 12.1. The number of hydrogen-bond donors (Lipinski definition) is 3. The Hall–Kier alpha value is -3.59. The number of aromatic nitrogens is 4. The Balaban J connectivity index is 1.55. The van der Waals surface area contributed by atoms with Crippen LogP contribution in [-0.4, -0.2) is 36.9 Å². The van der Waals surface area contributed by atoms with Crippen LogP contribution in [0.1, 0.15) is 25.6 Å². The van der Waals surface area contributed by atoms with Crippen molar-refractivity contribution in [1.29, 1.82) is 0 Å². The van der Waals surface area contributed by atoms with Crippen LogP contribution in [0.2, 0.25) is 0 Å². The highest BCUT2D eigenvalue weighted by Gasteiger charge is 2.16. The van der Waals surface area contributed by atoms with Gasteiger partial charge in [-0.25, -0.2) is 14.8 Å². The molecular weight excluding hydrogens is 366 g/mol. The first-order valence-electron chi connectivity index (χ1n) is 7.96. The average Bonchev–Trinajstić information content (AvgIpc) is 3.33. The third-order valence-electron chi connectivity index (χ3n) is 3.90. The fourth-order valence-electron chi connectivity index (χ4n) is 2.54. The molecule has 0 bridgehead atoms. The van der Waals surface area contributed by atoms with Gasteiger partial charge in [-0.1, -0.05) is 0 Å². The number of carboxylic acids is 1. The number of thiophene rings is 1. The number of aromatic amines is 1. The van der Waals surface area contributed by atoms with Crippen LogP contribution in [0.25, 0.3) is 21.7 Å². The Morgan fingerprint density at radius 1 is 1.19 bits per heavy atom. The summed E-state index contributed by atoms with van der Waals surface area (Å²) in [6, 6.07) is 7.15. The molecule has 0 unspecified atom stereocenters. The van der Waals surface area contributed by atoms with Gasteiger partial charge in [-0.15, -0.1) is 11.3 Å². The molecule has 0 radical (unpaired) electrons. The van der Waals surface area contributed by atoms with E-state index >= 15 is 0 Å². The molecule has 4 aromatic heterocycles. The van der Waals surface area contributed by atoms with Gasteiger partial charge < -0.3 is 15.4 Å². The van der Waals surface area contributed by atoms with Crippen molar-refractivity contribution in [3.05, 3.63) is 65.1 Å². The number of nitrogens with one attached hydrogen (secondary N) is 2. The van der Waals surface area contributed by atoms with Crippen LogP contribution >= 0.6 is 11.3 Å². The SMILES string of the molecule is O=C(NCc1ccncc1)c1ccc(-c2cnc3[nH]cc(C(=O)O)c3n2)s1. The Morgan fingerprint density at radius 3 is 2.78 bits per heavy atom. The molecule has 0 fully saturated rings. The predicted molar refractivity (Wildman–Crippen MR) is 99.6 cm³/mol. The maximum atomic E-state index is 12.3. The van der Waals surface area contributed by atoms with Gasteiger partial charge >= 0.3 is 5.97 Å². The van der Waals surface area contributed by atoms with Crippen molar-refractivity contribution in [1.82, 2.24) is 25.3 Å². The minimum Gasteiger partial charge on any atom is -0.478 e. The van der Waals surface area contributed by atoms with Crippen molar-refractivity contribution in [3.8, 4) is 10.6 Å². The lowest BCUT2D eigenvalue weighted by molar-refractivity contribution is 0.0698. The molecule has 0 saturated carbocycles. The van der Waals surface area contributed by atoms with Crippen LogP contribution in [0.3, 0.4) is 0 Å². The normalized spacial score (nSPS) is 10.8. The zero-order chi connectivity index (χ0) is 18.8. The first-order chi connectivity index (χ1) is 13.1. The number of carbonyl (C=O) groups is 2. The first-order valence-corrected chi connectivity index (χ1v) is 8.78. The van der Waals surface area contributed by atoms with Crippen molar-refractivity contribution in [2.45, 2.75) is 6.54 Å². The fourth-order valence-corrected chi connectivity index (χ4v) is 3.42. The molecule has 0 spiro atoms. The zero-order valence-electron chi connectivity index (χ0n) is 13.8. The largest absolute Gasteiger partial charge is 0.478 e. The van der Waals surface area contributed by atoms with Crippen LogP contribution < -0.4 is 5.32 Å². The number of hydrogen-bond acceptors (Lipinski definition) is 6. The highest BCUT2D eigenvalue weighted by molar-refractivity contribution is 7.17. The molecule has 0 aliphatic rings. The lowest BCUT2D eigenvalue weighted by Crippen LogP contribution is -2.21. The van der Waals surface area contributed by atoms with E-state index in [0.29, 0.717) is 22.8 Å². The number of nitrogens with zero attached hydrogens (tertiary/aromatic N) is 3. The molecule has 0 saturated heterocycles. The Bertz CT molecular complexity index is 1140. The molecule has 134 valence electrons. The highest BCUT2D eigenvalue weighted by atomic mass is 32.1. The van der Waals surface area contributed by atoms with Gasteiger partial charge in [0.25, 0.3) is 5.91 Å². The van der Waals surface area contributed by atoms with Gasteiger partial charge in [-0.3, -0.25) is 9.78 Å². The van der Waals surface area contributed by atoms with Gasteiger partial charge in [0.2, 0.25) is 0 Å². The van der Waals surface area contributed by atoms with Crippen LogP contribution in [0, 0.1) is 0 Å². The number of carboxylic acid groups (broad SMARTS) is 1. The molecule has 27 heavy (non-hydrogen) atoms. The number of aromatic carboxylic acids is 1. The van der Waals surface area contributed by atoms with Gasteiger partial charge in [0.05, 0.1) is 21.6 Å². The third-order valence-corrected chi connectivity index (χ3v) is 5.00. The maximum absolute atomic E-state index is 12.3. The van der Waals surface area contributed by atoms with Gasteiger partial charge in [0, 0.05) is 25.1 Å². The number of fused-ring (bicyclic) bond motifs is 1. The van der Waals surface area contributed by atoms with Crippen LogP contribution in [0.5, 0.6) is 0 Å². The smallest absolute Gasteiger partial charge is 0.339 e. The van der Waals surface area contributed by atoms with E-state index < -0.39 is 5.97 Å². The standard InChI is InChI=1S/C18H13N5O3S/c24-17(22-7-10-3-5-19-6-4-10)14-2-1-13(27-14)12-9-21-16-15(23-12)11(8-20-16)18(25)26/h1-6,8-9H,7H2,(H,20,21)(H,22,24)(H,25,26). The molecule has 8 nitrogen and oxygen atoms in total. The van der Waals surface area contributed by atoms with E-state index in [2.05, 4.69) is 25.3 Å². The Labute approximate surface area is 156 Å². The molecule has 0 atom stereocenters. The molecule has 3 N–H and O–H groups in total. The van der Waals surface area contributed by atoms with Crippen molar-refractivity contribution in [3.63, 3.8) is 0 Å². The molecule has 9 heteroatoms. The summed E-state index contributed by atoms with van der Waals surface area (Å²) < 4.78 is 0. The average molecular weight is 379 g/mol. The van der Waals surface area contributed by atoms with Gasteiger partial charge in [0.1, 0.15) is 11.1 Å². The molecule has 0 aliphatic carbocycles. The second-order valence-corrected chi connectivity index (χ2v) is 6.75. The summed E-state index contributed by atoms with van der Waals surface area (Å²) in [4.78, 5) is 40.2. The zero-order valence-corrected chi connectivity index (χ0v) is 14.7. The molecule has 4 rings (SSSR count). The predicted octanol–water partition coefficient (Wildman–Crippen LogP) is 2.71. The van der Waals surface area contributed by atoms with E-state index in [0.717, 1.165) is 10.4 Å². The molecule has 4 heterocycles. The summed E-state index contributed by atoms with van der Waals surface area (Å²) in [5.74, 6) is -1.26. The molecule has 0 aliphatic heterocycles. The lowest BCUT2D eigenvalue weighted by Gasteiger charge is -2.03. The third kappa shape index (κ3) is 3.40. The van der Waals surface area contributed by atoms with Crippen molar-refractivity contribution in [2.24, 2.45) is 0 Å². The maximum Gasteiger partial charge on any atom is 0.339 e. The summed E-state index contributed by atoms with van der Waals surface area (Å²) in [7, 11) is 0. The van der Waals surface area contributed by atoms with Crippen molar-refractivity contribution < 1.29 is 14.7 Å². The van der Waals surface area contributed by atoms with E-state index in [4.69, 9.17) is 0 Å². The molecule has 1 amide bonds. The summed E-state index contributed by atoms with van der Waals surface area (Å²) in [6.45, 7) is 0.408. The van der Waals surface area contributed by atoms with E-state index in [1.54, 1.807) is 30.7 Å². The number of H-pyrrole nitrogens is 1. The van der Waals surface area contributed by atoms with Gasteiger partial charge in [-0.05, 0) is 29.8 Å². The second-order valence-electron chi connectivity index (χ2n) is 5.66. The lowest BCUT2D eigenvalue weighted by atomic mass is 10.2. The Morgan fingerprint density at radius 2 is 2.00 bits per heavy atom. The molecule has 0 aromatic carbocycles.